The molecule has 7 heteroatoms. The number of halogens is 1. The molecule has 0 saturated carbocycles. The van der Waals surface area contributed by atoms with E-state index in [0.717, 1.165) is 27.8 Å². The van der Waals surface area contributed by atoms with Crippen LogP contribution in [0, 0.1) is 3.57 Å². The number of nitrogens with zero attached hydrogens (tertiary/aromatic N) is 1. The van der Waals surface area contributed by atoms with Crippen LogP contribution in [-0.4, -0.2) is 32.6 Å². The topological polar surface area (TPSA) is 67.9 Å². The molecule has 2 amide bonds. The molecule has 27 heavy (non-hydrogen) atoms. The molecule has 0 bridgehead atoms. The van der Waals surface area contributed by atoms with Gasteiger partial charge in [-0.25, -0.2) is 0 Å². The van der Waals surface area contributed by atoms with Crippen molar-refractivity contribution in [1.29, 1.82) is 0 Å². The van der Waals surface area contributed by atoms with Gasteiger partial charge in [0.25, 0.3) is 5.91 Å². The van der Waals surface area contributed by atoms with E-state index >= 15 is 0 Å². The SMILES string of the molecule is COc1cc(I)c(C(=O)NCc2cccc(N3CCCC3=O)c2)cc1OC. The van der Waals surface area contributed by atoms with E-state index in [9.17, 15) is 9.59 Å². The number of anilines is 1. The number of benzene rings is 2. The Labute approximate surface area is 172 Å². The zero-order valence-electron chi connectivity index (χ0n) is 15.3. The Bertz CT molecular complexity index is 869. The van der Waals surface area contributed by atoms with Crippen LogP contribution in [0.15, 0.2) is 36.4 Å². The fourth-order valence-electron chi connectivity index (χ4n) is 3.06. The number of amides is 2. The highest BCUT2D eigenvalue weighted by Gasteiger charge is 2.21. The van der Waals surface area contributed by atoms with Crippen molar-refractivity contribution >= 4 is 40.1 Å². The van der Waals surface area contributed by atoms with Gasteiger partial charge in [-0.05, 0) is 58.8 Å². The second kappa shape index (κ2) is 8.60. The highest BCUT2D eigenvalue weighted by molar-refractivity contribution is 14.1. The third-order valence-electron chi connectivity index (χ3n) is 4.47. The highest BCUT2D eigenvalue weighted by Crippen LogP contribution is 2.31. The zero-order chi connectivity index (χ0) is 19.4. The van der Waals surface area contributed by atoms with Gasteiger partial charge in [0.1, 0.15) is 0 Å². The number of methoxy groups -OCH3 is 2. The Morgan fingerprint density at radius 3 is 2.59 bits per heavy atom. The van der Waals surface area contributed by atoms with Gasteiger partial charge in [0.2, 0.25) is 5.91 Å². The summed E-state index contributed by atoms with van der Waals surface area (Å²) in [6, 6.07) is 11.2. The van der Waals surface area contributed by atoms with Crippen molar-refractivity contribution in [2.45, 2.75) is 19.4 Å². The minimum Gasteiger partial charge on any atom is -0.493 e. The molecule has 2 aromatic rings. The molecule has 1 heterocycles. The molecule has 6 nitrogen and oxygen atoms in total. The smallest absolute Gasteiger partial charge is 0.252 e. The summed E-state index contributed by atoms with van der Waals surface area (Å²) in [5.41, 5.74) is 2.35. The predicted molar refractivity (Wildman–Crippen MR) is 111 cm³/mol. The number of hydrogen-bond acceptors (Lipinski definition) is 4. The maximum Gasteiger partial charge on any atom is 0.252 e. The first-order valence-electron chi connectivity index (χ1n) is 8.62. The molecule has 3 rings (SSSR count). The van der Waals surface area contributed by atoms with Gasteiger partial charge in [-0.3, -0.25) is 9.59 Å². The third kappa shape index (κ3) is 4.35. The summed E-state index contributed by atoms with van der Waals surface area (Å²) in [6.07, 6.45) is 1.48. The monoisotopic (exact) mass is 480 g/mol. The summed E-state index contributed by atoms with van der Waals surface area (Å²) in [5.74, 6) is 1.05. The molecule has 142 valence electrons. The number of nitrogens with one attached hydrogen (secondary N) is 1. The van der Waals surface area contributed by atoms with Crippen molar-refractivity contribution in [3.63, 3.8) is 0 Å². The van der Waals surface area contributed by atoms with Gasteiger partial charge < -0.3 is 19.7 Å². The summed E-state index contributed by atoms with van der Waals surface area (Å²) >= 11 is 2.10. The van der Waals surface area contributed by atoms with E-state index in [1.54, 1.807) is 24.1 Å². The molecule has 0 aliphatic carbocycles. The molecule has 2 aromatic carbocycles. The molecule has 1 aliphatic heterocycles. The van der Waals surface area contributed by atoms with Crippen LogP contribution in [-0.2, 0) is 11.3 Å². The molecule has 0 spiro atoms. The van der Waals surface area contributed by atoms with Gasteiger partial charge >= 0.3 is 0 Å². The van der Waals surface area contributed by atoms with Crippen molar-refractivity contribution < 1.29 is 19.1 Å². The van der Waals surface area contributed by atoms with Crippen LogP contribution in [0.25, 0.3) is 0 Å². The van der Waals surface area contributed by atoms with Gasteiger partial charge in [0.15, 0.2) is 11.5 Å². The largest absolute Gasteiger partial charge is 0.493 e. The molecular weight excluding hydrogens is 459 g/mol. The molecule has 0 aromatic heterocycles. The molecule has 1 saturated heterocycles. The normalized spacial score (nSPS) is 13.6. The Morgan fingerprint density at radius 1 is 1.19 bits per heavy atom. The van der Waals surface area contributed by atoms with Crippen molar-refractivity contribution in [2.24, 2.45) is 0 Å². The van der Waals surface area contributed by atoms with Crippen molar-refractivity contribution in [1.82, 2.24) is 5.32 Å². The Hall–Kier alpha value is -2.29. The highest BCUT2D eigenvalue weighted by atomic mass is 127. The van der Waals surface area contributed by atoms with E-state index in [1.165, 1.54) is 7.11 Å². The molecule has 0 radical (unpaired) electrons. The number of ether oxygens (including phenoxy) is 2. The average molecular weight is 480 g/mol. The Morgan fingerprint density at radius 2 is 1.93 bits per heavy atom. The van der Waals surface area contributed by atoms with Crippen molar-refractivity contribution in [3.8, 4) is 11.5 Å². The number of carbonyl (C=O) groups excluding carboxylic acids is 2. The van der Waals surface area contributed by atoms with Crippen LogP contribution in [0.5, 0.6) is 11.5 Å². The molecule has 0 atom stereocenters. The summed E-state index contributed by atoms with van der Waals surface area (Å²) in [4.78, 5) is 26.3. The van der Waals surface area contributed by atoms with Crippen LogP contribution in [0.1, 0.15) is 28.8 Å². The van der Waals surface area contributed by atoms with E-state index in [-0.39, 0.29) is 11.8 Å². The maximum atomic E-state index is 12.6. The standard InChI is InChI=1S/C20H21IN2O4/c1-26-17-10-15(16(21)11-18(17)27-2)20(25)22-12-13-5-3-6-14(9-13)23-8-4-7-19(23)24/h3,5-6,9-11H,4,7-8,12H2,1-2H3,(H,22,25). The van der Waals surface area contributed by atoms with Crippen LogP contribution < -0.4 is 19.7 Å². The second-order valence-corrected chi connectivity index (χ2v) is 7.35. The first-order chi connectivity index (χ1) is 13.0. The first-order valence-corrected chi connectivity index (χ1v) is 9.70. The molecule has 1 fully saturated rings. The lowest BCUT2D eigenvalue weighted by Gasteiger charge is -2.17. The summed E-state index contributed by atoms with van der Waals surface area (Å²) < 4.78 is 11.3. The van der Waals surface area contributed by atoms with Gasteiger partial charge in [-0.1, -0.05) is 12.1 Å². The molecule has 0 unspecified atom stereocenters. The number of rotatable bonds is 6. The minimum absolute atomic E-state index is 0.149. The van der Waals surface area contributed by atoms with E-state index < -0.39 is 0 Å². The fraction of sp³-hybridized carbons (Fsp3) is 0.300. The van der Waals surface area contributed by atoms with E-state index in [1.807, 2.05) is 24.3 Å². The lowest BCUT2D eigenvalue weighted by atomic mass is 10.1. The van der Waals surface area contributed by atoms with E-state index in [0.29, 0.717) is 30.0 Å². The van der Waals surface area contributed by atoms with Gasteiger partial charge in [-0.15, -0.1) is 0 Å². The first kappa shape index (κ1) is 19.5. The summed E-state index contributed by atoms with van der Waals surface area (Å²) in [5, 5.41) is 2.93. The van der Waals surface area contributed by atoms with Gasteiger partial charge in [-0.2, -0.15) is 0 Å². The minimum atomic E-state index is -0.192. The quantitative estimate of drug-likeness (QED) is 0.645. The molecule has 1 N–H and O–H groups in total. The van der Waals surface area contributed by atoms with Crippen LogP contribution >= 0.6 is 22.6 Å². The van der Waals surface area contributed by atoms with Crippen LogP contribution in [0.4, 0.5) is 5.69 Å². The zero-order valence-corrected chi connectivity index (χ0v) is 17.4. The Balaban J connectivity index is 1.72. The van der Waals surface area contributed by atoms with Gasteiger partial charge in [0, 0.05) is 28.8 Å². The van der Waals surface area contributed by atoms with E-state index in [2.05, 4.69) is 27.9 Å². The molecule has 1 aliphatic rings. The Kier molecular flexibility index (Phi) is 6.20. The van der Waals surface area contributed by atoms with Crippen molar-refractivity contribution in [2.75, 3.05) is 25.7 Å². The lowest BCUT2D eigenvalue weighted by molar-refractivity contribution is -0.117. The van der Waals surface area contributed by atoms with Crippen LogP contribution in [0.3, 0.4) is 0 Å². The second-order valence-electron chi connectivity index (χ2n) is 6.19. The average Bonchev–Trinajstić information content (AvgIpc) is 3.12. The summed E-state index contributed by atoms with van der Waals surface area (Å²) in [7, 11) is 3.10. The van der Waals surface area contributed by atoms with Crippen molar-refractivity contribution in [3.05, 3.63) is 51.1 Å². The maximum absolute atomic E-state index is 12.6. The van der Waals surface area contributed by atoms with Crippen LogP contribution in [0.2, 0.25) is 0 Å². The fourth-order valence-corrected chi connectivity index (χ4v) is 3.74. The number of hydrogen-bond donors (Lipinski definition) is 1. The lowest BCUT2D eigenvalue weighted by Crippen LogP contribution is -2.25. The van der Waals surface area contributed by atoms with Gasteiger partial charge in [0.05, 0.1) is 19.8 Å². The summed E-state index contributed by atoms with van der Waals surface area (Å²) in [6.45, 7) is 1.12. The predicted octanol–water partition coefficient (Wildman–Crippen LogP) is 3.37. The molecular formula is C20H21IN2O4. The third-order valence-corrected chi connectivity index (χ3v) is 5.36. The number of carbonyl (C=O) groups is 2. The van der Waals surface area contributed by atoms with E-state index in [4.69, 9.17) is 9.47 Å².